The van der Waals surface area contributed by atoms with Crippen LogP contribution in [0.3, 0.4) is 0 Å². The number of hydrogen-bond acceptors (Lipinski definition) is 5. The average molecular weight is 309 g/mol. The highest BCUT2D eigenvalue weighted by Crippen LogP contribution is 2.22. The fourth-order valence-corrected chi connectivity index (χ4v) is 3.60. The van der Waals surface area contributed by atoms with Crippen LogP contribution in [0.5, 0.6) is 0 Å². The van der Waals surface area contributed by atoms with Gasteiger partial charge in [0.05, 0.1) is 29.8 Å². The summed E-state index contributed by atoms with van der Waals surface area (Å²) < 4.78 is 29.2. The van der Waals surface area contributed by atoms with Gasteiger partial charge in [-0.15, -0.1) is 0 Å². The van der Waals surface area contributed by atoms with E-state index in [-0.39, 0.29) is 4.90 Å². The third-order valence-corrected chi connectivity index (χ3v) is 4.72. The van der Waals surface area contributed by atoms with E-state index in [1.54, 1.807) is 30.7 Å². The number of nitrogens with zero attached hydrogens (tertiary/aromatic N) is 3. The summed E-state index contributed by atoms with van der Waals surface area (Å²) in [4.78, 5) is 4.26. The standard InChI is InChI=1S/C13H19N5O2S/c1-9-4-5-12(8-15-9)17-21(19,20)13-10(2)16-18(7-6-14)11(13)3/h4-5,8,17H,6-7,14H2,1-3H3. The number of nitrogens with one attached hydrogen (secondary N) is 1. The molecule has 114 valence electrons. The highest BCUT2D eigenvalue weighted by atomic mass is 32.2. The normalized spacial score (nSPS) is 11.6. The van der Waals surface area contributed by atoms with E-state index in [1.807, 2.05) is 6.92 Å². The minimum atomic E-state index is -3.70. The predicted molar refractivity (Wildman–Crippen MR) is 80.5 cm³/mol. The minimum Gasteiger partial charge on any atom is -0.329 e. The molecule has 0 saturated carbocycles. The smallest absolute Gasteiger partial charge is 0.265 e. The van der Waals surface area contributed by atoms with Crippen molar-refractivity contribution < 1.29 is 8.42 Å². The lowest BCUT2D eigenvalue weighted by atomic mass is 10.4. The Morgan fingerprint density at radius 1 is 1.29 bits per heavy atom. The molecule has 0 unspecified atom stereocenters. The van der Waals surface area contributed by atoms with E-state index >= 15 is 0 Å². The fourth-order valence-electron chi connectivity index (χ4n) is 2.14. The fraction of sp³-hybridized carbons (Fsp3) is 0.385. The second kappa shape index (κ2) is 5.82. The summed E-state index contributed by atoms with van der Waals surface area (Å²) in [6, 6.07) is 3.42. The maximum Gasteiger partial charge on any atom is 0.265 e. The number of sulfonamides is 1. The first-order valence-corrected chi connectivity index (χ1v) is 8.03. The number of anilines is 1. The summed E-state index contributed by atoms with van der Waals surface area (Å²) in [5.41, 5.74) is 7.77. The number of pyridine rings is 1. The van der Waals surface area contributed by atoms with E-state index in [2.05, 4.69) is 14.8 Å². The number of nitrogens with two attached hydrogens (primary N) is 1. The Hall–Kier alpha value is -1.93. The van der Waals surface area contributed by atoms with Gasteiger partial charge < -0.3 is 5.73 Å². The molecule has 0 atom stereocenters. The summed E-state index contributed by atoms with van der Waals surface area (Å²) in [5, 5.41) is 4.22. The van der Waals surface area contributed by atoms with E-state index in [0.29, 0.717) is 30.2 Å². The van der Waals surface area contributed by atoms with Crippen molar-refractivity contribution in [2.45, 2.75) is 32.2 Å². The molecule has 0 radical (unpaired) electrons. The lowest BCUT2D eigenvalue weighted by Gasteiger charge is -2.08. The number of aryl methyl sites for hydroxylation is 2. The molecule has 0 bridgehead atoms. The SMILES string of the molecule is Cc1ccc(NS(=O)(=O)c2c(C)nn(CCN)c2C)cn1. The molecule has 0 aliphatic rings. The Labute approximate surface area is 124 Å². The predicted octanol–water partition coefficient (Wildman–Crippen LogP) is 0.963. The van der Waals surface area contributed by atoms with Crippen LogP contribution in [0.15, 0.2) is 23.2 Å². The zero-order chi connectivity index (χ0) is 15.6. The first-order chi connectivity index (χ1) is 9.85. The highest BCUT2D eigenvalue weighted by Gasteiger charge is 2.24. The van der Waals surface area contributed by atoms with Gasteiger partial charge in [-0.25, -0.2) is 8.42 Å². The molecule has 2 rings (SSSR count). The molecule has 21 heavy (non-hydrogen) atoms. The zero-order valence-electron chi connectivity index (χ0n) is 12.3. The second-order valence-corrected chi connectivity index (χ2v) is 6.42. The topological polar surface area (TPSA) is 103 Å². The van der Waals surface area contributed by atoms with Gasteiger partial charge in [0, 0.05) is 12.2 Å². The Bertz CT molecular complexity index is 735. The van der Waals surface area contributed by atoms with Crippen LogP contribution in [0.1, 0.15) is 17.1 Å². The third-order valence-electron chi connectivity index (χ3n) is 3.09. The molecule has 2 aromatic rings. The molecular weight excluding hydrogens is 290 g/mol. The summed E-state index contributed by atoms with van der Waals surface area (Å²) in [6.45, 7) is 6.11. The monoisotopic (exact) mass is 309 g/mol. The summed E-state index contributed by atoms with van der Waals surface area (Å²) in [7, 11) is -3.70. The lowest BCUT2D eigenvalue weighted by Crippen LogP contribution is -2.16. The van der Waals surface area contributed by atoms with Crippen molar-refractivity contribution in [2.24, 2.45) is 5.73 Å². The Morgan fingerprint density at radius 3 is 2.57 bits per heavy atom. The van der Waals surface area contributed by atoms with Crippen LogP contribution in [0.2, 0.25) is 0 Å². The summed E-state index contributed by atoms with van der Waals surface area (Å²) >= 11 is 0. The lowest BCUT2D eigenvalue weighted by molar-refractivity contribution is 0.593. The second-order valence-electron chi connectivity index (χ2n) is 4.81. The van der Waals surface area contributed by atoms with Crippen molar-refractivity contribution in [2.75, 3.05) is 11.3 Å². The van der Waals surface area contributed by atoms with Gasteiger partial charge in [-0.1, -0.05) is 0 Å². The number of rotatable bonds is 5. The largest absolute Gasteiger partial charge is 0.329 e. The van der Waals surface area contributed by atoms with Crippen molar-refractivity contribution >= 4 is 15.7 Å². The Morgan fingerprint density at radius 2 is 2.00 bits per heavy atom. The van der Waals surface area contributed by atoms with E-state index in [1.165, 1.54) is 6.20 Å². The van der Waals surface area contributed by atoms with Crippen molar-refractivity contribution in [3.8, 4) is 0 Å². The van der Waals surface area contributed by atoms with Gasteiger partial charge in [-0.2, -0.15) is 5.10 Å². The molecule has 0 aliphatic heterocycles. The molecule has 8 heteroatoms. The van der Waals surface area contributed by atoms with Gasteiger partial charge in [0.1, 0.15) is 4.90 Å². The first-order valence-electron chi connectivity index (χ1n) is 6.54. The van der Waals surface area contributed by atoms with E-state index in [0.717, 1.165) is 5.69 Å². The van der Waals surface area contributed by atoms with Crippen LogP contribution in [-0.2, 0) is 16.6 Å². The molecule has 3 N–H and O–H groups in total. The molecule has 0 aliphatic carbocycles. The Balaban J connectivity index is 2.38. The van der Waals surface area contributed by atoms with Crippen LogP contribution in [0, 0.1) is 20.8 Å². The van der Waals surface area contributed by atoms with Crippen molar-refractivity contribution in [3.05, 3.63) is 35.4 Å². The third kappa shape index (κ3) is 3.22. The number of aromatic nitrogens is 3. The highest BCUT2D eigenvalue weighted by molar-refractivity contribution is 7.92. The van der Waals surface area contributed by atoms with E-state index in [9.17, 15) is 8.42 Å². The summed E-state index contributed by atoms with van der Waals surface area (Å²) in [6.07, 6.45) is 1.49. The summed E-state index contributed by atoms with van der Waals surface area (Å²) in [5.74, 6) is 0. The molecule has 0 fully saturated rings. The van der Waals surface area contributed by atoms with E-state index < -0.39 is 10.0 Å². The quantitative estimate of drug-likeness (QED) is 0.856. The van der Waals surface area contributed by atoms with Crippen LogP contribution in [0.25, 0.3) is 0 Å². The van der Waals surface area contributed by atoms with Crippen LogP contribution >= 0.6 is 0 Å². The van der Waals surface area contributed by atoms with Crippen LogP contribution in [-0.4, -0.2) is 29.7 Å². The molecule has 2 heterocycles. The van der Waals surface area contributed by atoms with Crippen LogP contribution < -0.4 is 10.5 Å². The van der Waals surface area contributed by atoms with Crippen molar-refractivity contribution in [1.29, 1.82) is 0 Å². The van der Waals surface area contributed by atoms with Crippen molar-refractivity contribution in [3.63, 3.8) is 0 Å². The maximum atomic E-state index is 12.5. The van der Waals surface area contributed by atoms with Gasteiger partial charge in [0.2, 0.25) is 0 Å². The number of hydrogen-bond donors (Lipinski definition) is 2. The Kier molecular flexibility index (Phi) is 4.29. The first kappa shape index (κ1) is 15.5. The van der Waals surface area contributed by atoms with Crippen molar-refractivity contribution in [1.82, 2.24) is 14.8 Å². The van der Waals surface area contributed by atoms with Gasteiger partial charge in [-0.3, -0.25) is 14.4 Å². The molecule has 0 amide bonds. The molecular formula is C13H19N5O2S. The van der Waals surface area contributed by atoms with E-state index in [4.69, 9.17) is 5.73 Å². The van der Waals surface area contributed by atoms with Gasteiger partial charge in [0.15, 0.2) is 0 Å². The molecule has 7 nitrogen and oxygen atoms in total. The molecule has 0 spiro atoms. The molecule has 2 aromatic heterocycles. The van der Waals surface area contributed by atoms with Gasteiger partial charge >= 0.3 is 0 Å². The van der Waals surface area contributed by atoms with Gasteiger partial charge in [0.25, 0.3) is 10.0 Å². The average Bonchev–Trinajstić information content (AvgIpc) is 2.68. The zero-order valence-corrected chi connectivity index (χ0v) is 13.1. The van der Waals surface area contributed by atoms with Crippen LogP contribution in [0.4, 0.5) is 5.69 Å². The minimum absolute atomic E-state index is 0.191. The molecule has 0 aromatic carbocycles. The van der Waals surface area contributed by atoms with Gasteiger partial charge in [-0.05, 0) is 32.9 Å². The maximum absolute atomic E-state index is 12.5. The molecule has 0 saturated heterocycles.